The van der Waals surface area contributed by atoms with Crippen molar-refractivity contribution in [2.75, 3.05) is 13.2 Å². The predicted octanol–water partition coefficient (Wildman–Crippen LogP) is 5.02. The van der Waals surface area contributed by atoms with Gasteiger partial charge in [0.05, 0.1) is 0 Å². The lowest BCUT2D eigenvalue weighted by Gasteiger charge is -2.31. The van der Waals surface area contributed by atoms with E-state index in [2.05, 4.69) is 5.32 Å². The molecule has 0 fully saturated rings. The van der Waals surface area contributed by atoms with Gasteiger partial charge in [-0.2, -0.15) is 0 Å². The van der Waals surface area contributed by atoms with Gasteiger partial charge in [0.2, 0.25) is 5.91 Å². The first-order chi connectivity index (χ1) is 16.5. The highest BCUT2D eigenvalue weighted by Gasteiger charge is 2.30. The van der Waals surface area contributed by atoms with Crippen LogP contribution in [0.1, 0.15) is 24.5 Å². The summed E-state index contributed by atoms with van der Waals surface area (Å²) in [6, 6.07) is 21.4. The Kier molecular flexibility index (Phi) is 9.47. The van der Waals surface area contributed by atoms with Crippen molar-refractivity contribution in [3.8, 4) is 5.75 Å². The first-order valence-electron chi connectivity index (χ1n) is 11.2. The van der Waals surface area contributed by atoms with Crippen LogP contribution >= 0.6 is 11.6 Å². The summed E-state index contributed by atoms with van der Waals surface area (Å²) in [4.78, 5) is 28.1. The van der Waals surface area contributed by atoms with Crippen molar-refractivity contribution in [3.63, 3.8) is 0 Å². The summed E-state index contributed by atoms with van der Waals surface area (Å²) in [5.41, 5.74) is 1.77. The van der Waals surface area contributed by atoms with Crippen LogP contribution in [-0.2, 0) is 22.6 Å². The summed E-state index contributed by atoms with van der Waals surface area (Å²) in [6.45, 7) is 2.41. The Labute approximate surface area is 204 Å². The molecular formula is C27H28ClFN2O3. The highest BCUT2D eigenvalue weighted by Crippen LogP contribution is 2.18. The van der Waals surface area contributed by atoms with Gasteiger partial charge in [0, 0.05) is 24.5 Å². The van der Waals surface area contributed by atoms with E-state index in [1.807, 2.05) is 49.4 Å². The zero-order valence-corrected chi connectivity index (χ0v) is 19.8. The monoisotopic (exact) mass is 482 g/mol. The number of halogens is 2. The van der Waals surface area contributed by atoms with Crippen molar-refractivity contribution in [1.29, 1.82) is 0 Å². The van der Waals surface area contributed by atoms with Gasteiger partial charge in [-0.05, 0) is 53.9 Å². The minimum atomic E-state index is -0.742. The molecule has 0 aromatic heterocycles. The van der Waals surface area contributed by atoms with E-state index in [0.717, 1.165) is 17.5 Å². The van der Waals surface area contributed by atoms with Crippen molar-refractivity contribution >= 4 is 23.4 Å². The number of hydrogen-bond acceptors (Lipinski definition) is 3. The fraction of sp³-hybridized carbons (Fsp3) is 0.259. The number of hydrogen-bond donors (Lipinski definition) is 1. The molecule has 0 radical (unpaired) electrons. The molecule has 0 unspecified atom stereocenters. The molecule has 3 aromatic carbocycles. The molecule has 34 heavy (non-hydrogen) atoms. The third-order valence-corrected chi connectivity index (χ3v) is 5.51. The van der Waals surface area contributed by atoms with Crippen LogP contribution in [0.3, 0.4) is 0 Å². The number of carbonyl (C=O) groups is 2. The number of benzene rings is 3. The van der Waals surface area contributed by atoms with Gasteiger partial charge in [-0.1, -0.05) is 61.0 Å². The number of rotatable bonds is 11. The number of nitrogens with zero attached hydrogens (tertiary/aromatic N) is 1. The van der Waals surface area contributed by atoms with Crippen molar-refractivity contribution in [1.82, 2.24) is 10.2 Å². The average Bonchev–Trinajstić information content (AvgIpc) is 2.86. The fourth-order valence-corrected chi connectivity index (χ4v) is 3.59. The first-order valence-corrected chi connectivity index (χ1v) is 11.6. The molecule has 0 saturated heterocycles. The van der Waals surface area contributed by atoms with E-state index in [1.54, 1.807) is 12.1 Å². The number of nitrogens with one attached hydrogen (secondary N) is 1. The third kappa shape index (κ3) is 7.59. The smallest absolute Gasteiger partial charge is 0.261 e. The van der Waals surface area contributed by atoms with E-state index in [9.17, 15) is 14.0 Å². The van der Waals surface area contributed by atoms with Crippen molar-refractivity contribution in [2.45, 2.75) is 32.4 Å². The molecule has 7 heteroatoms. The molecule has 0 spiro atoms. The quantitative estimate of drug-likeness (QED) is 0.417. The maximum Gasteiger partial charge on any atom is 0.261 e. The maximum absolute atomic E-state index is 13.4. The Morgan fingerprint density at radius 2 is 1.65 bits per heavy atom. The van der Waals surface area contributed by atoms with Crippen LogP contribution in [0.25, 0.3) is 0 Å². The highest BCUT2D eigenvalue weighted by atomic mass is 35.5. The normalized spacial score (nSPS) is 11.5. The molecule has 2 amide bonds. The average molecular weight is 483 g/mol. The zero-order chi connectivity index (χ0) is 24.3. The van der Waals surface area contributed by atoms with Gasteiger partial charge in [0.15, 0.2) is 6.61 Å². The van der Waals surface area contributed by atoms with E-state index in [4.69, 9.17) is 16.3 Å². The molecule has 1 atom stereocenters. The van der Waals surface area contributed by atoms with Gasteiger partial charge in [-0.15, -0.1) is 0 Å². The lowest BCUT2D eigenvalue weighted by atomic mass is 10.0. The largest absolute Gasteiger partial charge is 0.484 e. The molecule has 1 N–H and O–H groups in total. The maximum atomic E-state index is 13.4. The Balaban J connectivity index is 1.87. The second-order valence-electron chi connectivity index (χ2n) is 7.89. The number of carbonyl (C=O) groups excluding carboxylic acids is 2. The number of ether oxygens (including phenoxy) is 1. The van der Waals surface area contributed by atoms with Crippen LogP contribution in [0.2, 0.25) is 5.02 Å². The van der Waals surface area contributed by atoms with Crippen LogP contribution in [0.15, 0.2) is 78.9 Å². The second kappa shape index (κ2) is 12.8. The first kappa shape index (κ1) is 25.2. The molecule has 0 heterocycles. The van der Waals surface area contributed by atoms with Gasteiger partial charge < -0.3 is 15.0 Å². The minimum Gasteiger partial charge on any atom is -0.484 e. The summed E-state index contributed by atoms with van der Waals surface area (Å²) in [7, 11) is 0. The molecule has 3 rings (SSSR count). The van der Waals surface area contributed by atoms with Crippen molar-refractivity contribution in [3.05, 3.63) is 101 Å². The van der Waals surface area contributed by atoms with E-state index < -0.39 is 11.9 Å². The van der Waals surface area contributed by atoms with E-state index in [1.165, 1.54) is 29.2 Å². The molecule has 0 bridgehead atoms. The second-order valence-corrected chi connectivity index (χ2v) is 8.32. The highest BCUT2D eigenvalue weighted by molar-refractivity contribution is 6.30. The zero-order valence-electron chi connectivity index (χ0n) is 19.0. The molecule has 0 aliphatic rings. The van der Waals surface area contributed by atoms with Crippen molar-refractivity contribution < 1.29 is 18.7 Å². The standard InChI is InChI=1S/C27H28ClFN2O3/c1-2-16-30-27(33)25(17-20-6-4-3-5-7-20)31(18-21-8-10-22(28)11-9-21)26(32)19-34-24-14-12-23(29)13-15-24/h3-15,25H,2,16-19H2,1H3,(H,30,33)/t25-/m0/s1. The Morgan fingerprint density at radius 3 is 2.29 bits per heavy atom. The molecular weight excluding hydrogens is 455 g/mol. The molecule has 5 nitrogen and oxygen atoms in total. The topological polar surface area (TPSA) is 58.6 Å². The molecule has 0 aliphatic heterocycles. The van der Waals surface area contributed by atoms with E-state index in [0.29, 0.717) is 23.7 Å². The third-order valence-electron chi connectivity index (χ3n) is 5.26. The van der Waals surface area contributed by atoms with Crippen LogP contribution in [0.5, 0.6) is 5.75 Å². The summed E-state index contributed by atoms with van der Waals surface area (Å²) in [5.74, 6) is -0.601. The lowest BCUT2D eigenvalue weighted by Crippen LogP contribution is -2.51. The molecule has 3 aromatic rings. The van der Waals surface area contributed by atoms with E-state index >= 15 is 0 Å². The summed E-state index contributed by atoms with van der Waals surface area (Å²) >= 11 is 6.03. The minimum absolute atomic E-state index is 0.208. The summed E-state index contributed by atoms with van der Waals surface area (Å²) in [5, 5.41) is 3.51. The Morgan fingerprint density at radius 1 is 0.971 bits per heavy atom. The van der Waals surface area contributed by atoms with Crippen LogP contribution in [0, 0.1) is 5.82 Å². The predicted molar refractivity (Wildman–Crippen MR) is 131 cm³/mol. The molecule has 0 aliphatic carbocycles. The number of amides is 2. The SMILES string of the molecule is CCCNC(=O)[C@H](Cc1ccccc1)N(Cc1ccc(Cl)cc1)C(=O)COc1ccc(F)cc1. The van der Waals surface area contributed by atoms with Gasteiger partial charge in [0.1, 0.15) is 17.6 Å². The van der Waals surface area contributed by atoms with Crippen LogP contribution in [-0.4, -0.2) is 35.9 Å². The van der Waals surface area contributed by atoms with Gasteiger partial charge in [-0.25, -0.2) is 4.39 Å². The van der Waals surface area contributed by atoms with Crippen LogP contribution < -0.4 is 10.1 Å². The van der Waals surface area contributed by atoms with Gasteiger partial charge in [0.25, 0.3) is 5.91 Å². The Hall–Kier alpha value is -3.38. The molecule has 0 saturated carbocycles. The lowest BCUT2D eigenvalue weighted by molar-refractivity contribution is -0.142. The fourth-order valence-electron chi connectivity index (χ4n) is 3.47. The van der Waals surface area contributed by atoms with Crippen LogP contribution in [0.4, 0.5) is 4.39 Å². The summed E-state index contributed by atoms with van der Waals surface area (Å²) in [6.07, 6.45) is 1.13. The van der Waals surface area contributed by atoms with E-state index in [-0.39, 0.29) is 25.0 Å². The van der Waals surface area contributed by atoms with Gasteiger partial charge in [-0.3, -0.25) is 9.59 Å². The van der Waals surface area contributed by atoms with Crippen molar-refractivity contribution in [2.24, 2.45) is 0 Å². The van der Waals surface area contributed by atoms with Gasteiger partial charge >= 0.3 is 0 Å². The summed E-state index contributed by atoms with van der Waals surface area (Å²) < 4.78 is 18.8. The molecule has 178 valence electrons. The Bertz CT molecular complexity index is 1060.